The predicted molar refractivity (Wildman–Crippen MR) is 125 cm³/mol. The second-order valence-electron chi connectivity index (χ2n) is 8.43. The summed E-state index contributed by atoms with van der Waals surface area (Å²) < 4.78 is 2.38. The van der Waals surface area contributed by atoms with Crippen molar-refractivity contribution in [1.82, 2.24) is 4.57 Å². The molecule has 0 N–H and O–H groups in total. The fourth-order valence-electron chi connectivity index (χ4n) is 5.16. The lowest BCUT2D eigenvalue weighted by Crippen LogP contribution is -2.37. The van der Waals surface area contributed by atoms with E-state index in [4.69, 9.17) is 0 Å². The molecular formula is C28H24N2. The molecule has 2 nitrogen and oxygen atoms in total. The molecule has 2 aliphatic rings. The molecule has 2 aliphatic heterocycles. The van der Waals surface area contributed by atoms with E-state index >= 15 is 0 Å². The zero-order valence-electron chi connectivity index (χ0n) is 17.6. The Bertz CT molecular complexity index is 1320. The summed E-state index contributed by atoms with van der Waals surface area (Å²) in [6.07, 6.45) is 2.20. The third-order valence-electron chi connectivity index (χ3n) is 6.73. The average Bonchev–Trinajstić information content (AvgIpc) is 3.26. The molecule has 0 aliphatic carbocycles. The van der Waals surface area contributed by atoms with Gasteiger partial charge >= 0.3 is 0 Å². The molecule has 30 heavy (non-hydrogen) atoms. The highest BCUT2D eigenvalue weighted by Gasteiger charge is 2.39. The topological polar surface area (TPSA) is 8.17 Å². The van der Waals surface area contributed by atoms with Gasteiger partial charge in [0, 0.05) is 6.20 Å². The number of allylic oxidation sites excluding steroid dienone is 1. The predicted octanol–water partition coefficient (Wildman–Crippen LogP) is 6.91. The lowest BCUT2D eigenvalue weighted by molar-refractivity contribution is 0.724. The molecule has 146 valence electrons. The Morgan fingerprint density at radius 2 is 1.40 bits per heavy atom. The van der Waals surface area contributed by atoms with Crippen molar-refractivity contribution < 1.29 is 0 Å². The van der Waals surface area contributed by atoms with Crippen LogP contribution in [0.25, 0.3) is 17.0 Å². The van der Waals surface area contributed by atoms with Crippen LogP contribution in [-0.2, 0) is 0 Å². The van der Waals surface area contributed by atoms with Gasteiger partial charge in [-0.3, -0.25) is 0 Å². The Balaban J connectivity index is 1.75. The summed E-state index contributed by atoms with van der Waals surface area (Å²) in [4.78, 5) is 2.57. The first-order chi connectivity index (χ1) is 14.6. The van der Waals surface area contributed by atoms with Gasteiger partial charge in [0.1, 0.15) is 6.04 Å². The highest BCUT2D eigenvalue weighted by atomic mass is 15.3. The van der Waals surface area contributed by atoms with E-state index in [1.807, 2.05) is 0 Å². The molecule has 3 heterocycles. The lowest BCUT2D eigenvalue weighted by Gasteiger charge is -2.46. The maximum absolute atomic E-state index is 2.57. The largest absolute Gasteiger partial charge is 0.326 e. The molecule has 4 aromatic rings. The van der Waals surface area contributed by atoms with Crippen molar-refractivity contribution in [3.05, 3.63) is 119 Å². The van der Waals surface area contributed by atoms with Crippen LogP contribution in [0.1, 0.15) is 46.5 Å². The number of benzene rings is 3. The number of aromatic nitrogens is 1. The van der Waals surface area contributed by atoms with Crippen LogP contribution in [0.2, 0.25) is 0 Å². The van der Waals surface area contributed by atoms with Gasteiger partial charge in [-0.2, -0.15) is 0 Å². The SMILES string of the molecule is CC1=C(c2ccccc2)N2c3cc(C)c(C)cc3-n3cccc3C2c2ccccc21. The first kappa shape index (κ1) is 17.3. The summed E-state index contributed by atoms with van der Waals surface area (Å²) in [5, 5.41) is 0. The standard InChI is InChI=1S/C28H24N2/c1-18-16-25-26(17-19(18)2)30-27(21-10-5-4-6-11-21)20(3)22-12-7-8-13-23(22)28(30)24-14-9-15-29(24)25/h4-17,28H,1-3H3. The number of aryl methyl sites for hydroxylation is 2. The maximum Gasteiger partial charge on any atom is 0.101 e. The van der Waals surface area contributed by atoms with E-state index in [0.717, 1.165) is 0 Å². The summed E-state index contributed by atoms with van der Waals surface area (Å²) in [6.45, 7) is 6.69. The number of rotatable bonds is 1. The average molecular weight is 389 g/mol. The number of hydrogen-bond donors (Lipinski definition) is 0. The zero-order chi connectivity index (χ0) is 20.4. The van der Waals surface area contributed by atoms with E-state index in [2.05, 4.69) is 115 Å². The fraction of sp³-hybridized carbons (Fsp3) is 0.143. The van der Waals surface area contributed by atoms with Crippen molar-refractivity contribution in [3.8, 4) is 5.69 Å². The molecule has 0 spiro atoms. The van der Waals surface area contributed by atoms with Gasteiger partial charge in [-0.25, -0.2) is 0 Å². The molecule has 0 saturated heterocycles. The highest BCUT2D eigenvalue weighted by molar-refractivity contribution is 6.02. The third kappa shape index (κ3) is 2.25. The summed E-state index contributed by atoms with van der Waals surface area (Å²) in [6, 6.07) is 29.0. The van der Waals surface area contributed by atoms with Crippen molar-refractivity contribution in [1.29, 1.82) is 0 Å². The van der Waals surface area contributed by atoms with Crippen molar-refractivity contribution in [3.63, 3.8) is 0 Å². The number of nitrogens with zero attached hydrogens (tertiary/aromatic N) is 2. The van der Waals surface area contributed by atoms with Crippen LogP contribution in [0.5, 0.6) is 0 Å². The van der Waals surface area contributed by atoms with Crippen LogP contribution >= 0.6 is 0 Å². The summed E-state index contributed by atoms with van der Waals surface area (Å²) >= 11 is 0. The Labute approximate surface area is 177 Å². The fourth-order valence-corrected chi connectivity index (χ4v) is 5.16. The molecule has 0 radical (unpaired) electrons. The van der Waals surface area contributed by atoms with E-state index in [-0.39, 0.29) is 6.04 Å². The Kier molecular flexibility index (Phi) is 3.61. The van der Waals surface area contributed by atoms with Crippen LogP contribution in [-0.4, -0.2) is 4.57 Å². The Morgan fingerprint density at radius 3 is 2.20 bits per heavy atom. The Hall–Kier alpha value is -3.52. The van der Waals surface area contributed by atoms with Crippen LogP contribution in [0.3, 0.4) is 0 Å². The molecule has 1 unspecified atom stereocenters. The molecule has 2 heteroatoms. The quantitative estimate of drug-likeness (QED) is 0.344. The Morgan fingerprint density at radius 1 is 0.700 bits per heavy atom. The number of anilines is 1. The summed E-state index contributed by atoms with van der Waals surface area (Å²) in [5.41, 5.74) is 13.1. The van der Waals surface area contributed by atoms with Gasteiger partial charge in [-0.05, 0) is 78.4 Å². The third-order valence-corrected chi connectivity index (χ3v) is 6.73. The summed E-state index contributed by atoms with van der Waals surface area (Å²) in [5.74, 6) is 0. The van der Waals surface area contributed by atoms with Crippen LogP contribution < -0.4 is 4.90 Å². The summed E-state index contributed by atoms with van der Waals surface area (Å²) in [7, 11) is 0. The van der Waals surface area contributed by atoms with Crippen LogP contribution in [0.15, 0.2) is 85.1 Å². The van der Waals surface area contributed by atoms with E-state index in [0.29, 0.717) is 0 Å². The second-order valence-corrected chi connectivity index (χ2v) is 8.43. The van der Waals surface area contributed by atoms with Gasteiger partial charge < -0.3 is 9.47 Å². The molecule has 0 fully saturated rings. The van der Waals surface area contributed by atoms with Gasteiger partial charge in [0.25, 0.3) is 0 Å². The van der Waals surface area contributed by atoms with Gasteiger partial charge in [0.05, 0.1) is 22.8 Å². The van der Waals surface area contributed by atoms with Crippen molar-refractivity contribution >= 4 is 17.0 Å². The molecule has 0 bridgehead atoms. The monoisotopic (exact) mass is 388 g/mol. The maximum atomic E-state index is 2.57. The molecule has 3 aromatic carbocycles. The van der Waals surface area contributed by atoms with Crippen LogP contribution in [0.4, 0.5) is 5.69 Å². The number of fused-ring (bicyclic) bond motifs is 8. The highest BCUT2D eigenvalue weighted by Crippen LogP contribution is 2.52. The van der Waals surface area contributed by atoms with E-state index in [9.17, 15) is 0 Å². The van der Waals surface area contributed by atoms with Crippen molar-refractivity contribution in [2.75, 3.05) is 4.90 Å². The zero-order valence-corrected chi connectivity index (χ0v) is 17.6. The van der Waals surface area contributed by atoms with Crippen molar-refractivity contribution in [2.24, 2.45) is 0 Å². The van der Waals surface area contributed by atoms with E-state index < -0.39 is 0 Å². The lowest BCUT2D eigenvalue weighted by atomic mass is 9.83. The van der Waals surface area contributed by atoms with Gasteiger partial charge in [0.15, 0.2) is 0 Å². The smallest absolute Gasteiger partial charge is 0.101 e. The van der Waals surface area contributed by atoms with Gasteiger partial charge in [0.2, 0.25) is 0 Å². The normalized spacial score (nSPS) is 16.6. The molecule has 0 amide bonds. The van der Waals surface area contributed by atoms with E-state index in [1.165, 1.54) is 56.2 Å². The molecule has 1 atom stereocenters. The number of hydrogen-bond acceptors (Lipinski definition) is 1. The van der Waals surface area contributed by atoms with Gasteiger partial charge in [-0.1, -0.05) is 54.6 Å². The first-order valence-corrected chi connectivity index (χ1v) is 10.6. The minimum atomic E-state index is 0.157. The molecule has 1 aromatic heterocycles. The molecule has 0 saturated carbocycles. The van der Waals surface area contributed by atoms with Gasteiger partial charge in [-0.15, -0.1) is 0 Å². The van der Waals surface area contributed by atoms with Crippen LogP contribution in [0, 0.1) is 13.8 Å². The minimum absolute atomic E-state index is 0.157. The first-order valence-electron chi connectivity index (χ1n) is 10.6. The van der Waals surface area contributed by atoms with Crippen molar-refractivity contribution in [2.45, 2.75) is 26.8 Å². The van der Waals surface area contributed by atoms with E-state index in [1.54, 1.807) is 0 Å². The molecular weight excluding hydrogens is 364 g/mol. The second kappa shape index (κ2) is 6.24. The minimum Gasteiger partial charge on any atom is -0.326 e. The molecule has 6 rings (SSSR count).